The number of carboxylic acid groups (broad SMARTS) is 1. The summed E-state index contributed by atoms with van der Waals surface area (Å²) in [6.45, 7) is 10.3. The number of carbonyl (C=O) groups is 1. The highest BCUT2D eigenvalue weighted by atomic mass is 35.5. The van der Waals surface area contributed by atoms with Gasteiger partial charge in [0.05, 0.1) is 36.1 Å². The summed E-state index contributed by atoms with van der Waals surface area (Å²) in [5.74, 6) is -1.04. The van der Waals surface area contributed by atoms with Crippen LogP contribution in [0.4, 0.5) is 0 Å². The number of halogens is 1. The molecule has 49 heavy (non-hydrogen) atoms. The van der Waals surface area contributed by atoms with Crippen LogP contribution in [0, 0.1) is 6.92 Å². The number of hydrogen-bond acceptors (Lipinski definition) is 11. The highest BCUT2D eigenvalue weighted by Gasteiger charge is 2.36. The Bertz CT molecular complexity index is 2030. The first-order valence-corrected chi connectivity index (χ1v) is 16.6. The van der Waals surface area contributed by atoms with Gasteiger partial charge in [-0.1, -0.05) is 23.7 Å². The van der Waals surface area contributed by atoms with Gasteiger partial charge in [-0.2, -0.15) is 9.78 Å². The van der Waals surface area contributed by atoms with Gasteiger partial charge in [0.25, 0.3) is 0 Å². The molecule has 2 aromatic carbocycles. The van der Waals surface area contributed by atoms with E-state index in [-0.39, 0.29) is 17.3 Å². The number of aliphatic hydroxyl groups is 3. The Kier molecular flexibility index (Phi) is 8.51. The van der Waals surface area contributed by atoms with E-state index in [4.69, 9.17) is 35.5 Å². The van der Waals surface area contributed by atoms with Gasteiger partial charge < -0.3 is 34.3 Å². The second-order valence-electron chi connectivity index (χ2n) is 13.8. The van der Waals surface area contributed by atoms with Crippen molar-refractivity contribution in [3.8, 4) is 22.7 Å². The summed E-state index contributed by atoms with van der Waals surface area (Å²) in [6.07, 6.45) is -3.02. The fraction of sp³-hybridized carbons (Fsp3) is 0.429. The number of fused-ring (bicyclic) bond motifs is 2. The SMILES string of the molecule is Cc1cc2nc(-c3ccc4c(n3)c(C3CCN(C5COC5)CC3)nn4C(O)(O)O)oc2c(-c2ccc(Cl)cc2)c1[C@H](OC(C)(C)C)C(=O)O. The fourth-order valence-electron chi connectivity index (χ4n) is 6.76. The van der Waals surface area contributed by atoms with Crippen molar-refractivity contribution < 1.29 is 39.1 Å². The van der Waals surface area contributed by atoms with Crippen molar-refractivity contribution in [2.45, 2.75) is 70.3 Å². The lowest BCUT2D eigenvalue weighted by Gasteiger charge is -2.41. The van der Waals surface area contributed by atoms with Crippen LogP contribution in [0.2, 0.25) is 5.02 Å². The molecule has 13 nitrogen and oxygen atoms in total. The number of piperidine rings is 1. The van der Waals surface area contributed by atoms with Crippen LogP contribution in [0.3, 0.4) is 0 Å². The lowest BCUT2D eigenvalue weighted by Crippen LogP contribution is -2.51. The first kappa shape index (κ1) is 33.5. The van der Waals surface area contributed by atoms with E-state index >= 15 is 0 Å². The molecule has 0 amide bonds. The van der Waals surface area contributed by atoms with Crippen LogP contribution >= 0.6 is 11.6 Å². The number of aryl methyl sites for hydroxylation is 1. The molecule has 14 heteroatoms. The zero-order valence-electron chi connectivity index (χ0n) is 27.6. The standard InChI is InChI=1S/C35H38ClN5O8/c1-18-15-24-30(27(19-5-7-21(36)8-6-19)26(18)31(33(42)43)49-34(2,3)4)48-32(38-24)23-9-10-25-29(37-23)28(39-41(25)35(44,45)46)20-11-13-40(14-12-20)22-16-47-17-22/h5-10,15,20,22,31,44-46H,11-14,16-17H2,1-4H3,(H,42,43)/t31-/m0/s1. The number of pyridine rings is 1. The molecule has 5 heterocycles. The van der Waals surface area contributed by atoms with E-state index in [2.05, 4.69) is 10.00 Å². The monoisotopic (exact) mass is 691 g/mol. The van der Waals surface area contributed by atoms with Gasteiger partial charge >= 0.3 is 12.1 Å². The molecule has 0 unspecified atom stereocenters. The Hall–Kier alpha value is -3.95. The van der Waals surface area contributed by atoms with Crippen LogP contribution < -0.4 is 0 Å². The minimum Gasteiger partial charge on any atom is -0.479 e. The Morgan fingerprint density at radius 1 is 1.04 bits per heavy atom. The van der Waals surface area contributed by atoms with Gasteiger partial charge in [-0.15, -0.1) is 0 Å². The van der Waals surface area contributed by atoms with Crippen molar-refractivity contribution in [1.82, 2.24) is 24.6 Å². The molecule has 0 bridgehead atoms. The average molecular weight is 692 g/mol. The van der Waals surface area contributed by atoms with E-state index in [0.717, 1.165) is 43.8 Å². The molecule has 0 aliphatic carbocycles. The lowest BCUT2D eigenvalue weighted by molar-refractivity contribution is -0.378. The van der Waals surface area contributed by atoms with Crippen molar-refractivity contribution in [3.63, 3.8) is 0 Å². The number of aliphatic carboxylic acids is 1. The van der Waals surface area contributed by atoms with Crippen molar-refractivity contribution >= 4 is 39.7 Å². The summed E-state index contributed by atoms with van der Waals surface area (Å²) < 4.78 is 18.7. The molecule has 4 N–H and O–H groups in total. The number of likely N-dealkylation sites (tertiary alicyclic amines) is 1. The van der Waals surface area contributed by atoms with E-state index in [1.807, 2.05) is 6.92 Å². The van der Waals surface area contributed by atoms with E-state index in [1.54, 1.807) is 63.2 Å². The average Bonchev–Trinajstić information content (AvgIpc) is 3.60. The lowest BCUT2D eigenvalue weighted by atomic mass is 9.91. The molecule has 2 aliphatic heterocycles. The van der Waals surface area contributed by atoms with Crippen molar-refractivity contribution in [2.24, 2.45) is 0 Å². The summed E-state index contributed by atoms with van der Waals surface area (Å²) in [5.41, 5.74) is 3.76. The minimum absolute atomic E-state index is 0.0489. The van der Waals surface area contributed by atoms with Crippen molar-refractivity contribution in [1.29, 1.82) is 0 Å². The number of aromatic nitrogens is 4. The number of benzene rings is 2. The van der Waals surface area contributed by atoms with Crippen LogP contribution in [0.25, 0.3) is 44.8 Å². The maximum absolute atomic E-state index is 12.7. The molecule has 0 spiro atoms. The summed E-state index contributed by atoms with van der Waals surface area (Å²) in [6, 6.07) is 12.4. The molecule has 0 radical (unpaired) electrons. The molecule has 5 aromatic rings. The predicted molar refractivity (Wildman–Crippen MR) is 180 cm³/mol. The summed E-state index contributed by atoms with van der Waals surface area (Å²) in [5, 5.41) is 45.8. The molecule has 3 aromatic heterocycles. The summed E-state index contributed by atoms with van der Waals surface area (Å²) in [4.78, 5) is 24.7. The zero-order chi connectivity index (χ0) is 34.8. The van der Waals surface area contributed by atoms with Gasteiger partial charge in [0.2, 0.25) is 5.89 Å². The Morgan fingerprint density at radius 3 is 2.33 bits per heavy atom. The maximum atomic E-state index is 12.7. The molecule has 1 atom stereocenters. The normalized spacial score (nSPS) is 17.6. The smallest absolute Gasteiger partial charge is 0.389 e. The number of ether oxygens (including phenoxy) is 2. The first-order valence-electron chi connectivity index (χ1n) is 16.2. The third-order valence-electron chi connectivity index (χ3n) is 9.13. The fourth-order valence-corrected chi connectivity index (χ4v) is 6.89. The molecule has 7 rings (SSSR count). The number of nitrogens with zero attached hydrogens (tertiary/aromatic N) is 5. The van der Waals surface area contributed by atoms with Crippen LogP contribution in [-0.2, 0) is 20.4 Å². The molecule has 258 valence electrons. The van der Waals surface area contributed by atoms with Crippen molar-refractivity contribution in [3.05, 3.63) is 64.3 Å². The zero-order valence-corrected chi connectivity index (χ0v) is 28.3. The topological polar surface area (TPSA) is 176 Å². The van der Waals surface area contributed by atoms with Crippen LogP contribution in [0.15, 0.2) is 46.9 Å². The van der Waals surface area contributed by atoms with Gasteiger partial charge in [-0.3, -0.25) is 4.90 Å². The second-order valence-corrected chi connectivity index (χ2v) is 14.2. The number of carboxylic acids is 1. The molecule has 2 fully saturated rings. The highest BCUT2D eigenvalue weighted by Crippen LogP contribution is 2.42. The molecule has 2 aliphatic rings. The molecular weight excluding hydrogens is 654 g/mol. The highest BCUT2D eigenvalue weighted by molar-refractivity contribution is 6.30. The van der Waals surface area contributed by atoms with Gasteiger partial charge in [0.1, 0.15) is 16.7 Å². The van der Waals surface area contributed by atoms with Gasteiger partial charge in [0.15, 0.2) is 11.7 Å². The van der Waals surface area contributed by atoms with E-state index in [9.17, 15) is 25.2 Å². The van der Waals surface area contributed by atoms with Gasteiger partial charge in [-0.05, 0) is 95.1 Å². The Labute approximate surface area is 286 Å². The molecule has 2 saturated heterocycles. The third-order valence-corrected chi connectivity index (χ3v) is 9.38. The maximum Gasteiger partial charge on any atom is 0.389 e. The predicted octanol–water partition coefficient (Wildman–Crippen LogP) is 4.93. The van der Waals surface area contributed by atoms with Crippen LogP contribution in [0.1, 0.15) is 62.5 Å². The largest absolute Gasteiger partial charge is 0.479 e. The number of hydrogen-bond donors (Lipinski definition) is 4. The molecular formula is C35H38ClN5O8. The van der Waals surface area contributed by atoms with E-state index in [1.165, 1.54) is 0 Å². The van der Waals surface area contributed by atoms with E-state index < -0.39 is 23.8 Å². The minimum atomic E-state index is -3.24. The number of oxazole rings is 1. The second kappa shape index (κ2) is 12.4. The Balaban J connectivity index is 1.36. The summed E-state index contributed by atoms with van der Waals surface area (Å²) in [7, 11) is 0. The molecule has 0 saturated carbocycles. The Morgan fingerprint density at radius 2 is 1.73 bits per heavy atom. The van der Waals surface area contributed by atoms with Crippen molar-refractivity contribution in [2.75, 3.05) is 26.3 Å². The summed E-state index contributed by atoms with van der Waals surface area (Å²) >= 11 is 6.23. The first-order chi connectivity index (χ1) is 23.2. The van der Waals surface area contributed by atoms with Gasteiger partial charge in [0, 0.05) is 22.1 Å². The third kappa shape index (κ3) is 6.43. The quantitative estimate of drug-likeness (QED) is 0.162. The van der Waals surface area contributed by atoms with Crippen LogP contribution in [0.5, 0.6) is 0 Å². The van der Waals surface area contributed by atoms with E-state index in [0.29, 0.717) is 61.3 Å². The van der Waals surface area contributed by atoms with Crippen LogP contribution in [-0.4, -0.2) is 89.0 Å². The van der Waals surface area contributed by atoms with Gasteiger partial charge in [-0.25, -0.2) is 14.8 Å². The number of rotatable bonds is 8.